The first-order valence-corrected chi connectivity index (χ1v) is 8.19. The standard InChI is InChI=1S/C16H16Cl2N2O3/c1-2-19-3-5-20(6-4-19)15(21)12-8-10-7-11(17)9-13(18)14(10)23-16(12)22/h7-9H,2-6H2,1H3. The SMILES string of the molecule is CCN1CCN(C(=O)c2cc3cc(Cl)cc(Cl)c3oc2=O)CC1. The molecule has 5 nitrogen and oxygen atoms in total. The smallest absolute Gasteiger partial charge is 0.349 e. The summed E-state index contributed by atoms with van der Waals surface area (Å²) in [6, 6.07) is 4.63. The molecule has 7 heteroatoms. The Morgan fingerprint density at radius 3 is 2.52 bits per heavy atom. The Kier molecular flexibility index (Phi) is 4.62. The van der Waals surface area contributed by atoms with Gasteiger partial charge in [-0.15, -0.1) is 0 Å². The Bertz CT molecular complexity index is 811. The molecule has 0 bridgehead atoms. The molecule has 3 rings (SSSR count). The summed E-state index contributed by atoms with van der Waals surface area (Å²) < 4.78 is 5.23. The van der Waals surface area contributed by atoms with Gasteiger partial charge in [-0.2, -0.15) is 0 Å². The minimum absolute atomic E-state index is 0.0146. The Hall–Kier alpha value is -1.56. The second kappa shape index (κ2) is 6.51. The van der Waals surface area contributed by atoms with Crippen molar-refractivity contribution in [3.05, 3.63) is 44.2 Å². The van der Waals surface area contributed by atoms with Gasteiger partial charge in [-0.3, -0.25) is 4.79 Å². The first kappa shape index (κ1) is 16.3. The lowest BCUT2D eigenvalue weighted by molar-refractivity contribution is 0.0639. The van der Waals surface area contributed by atoms with Crippen LogP contribution in [-0.4, -0.2) is 48.4 Å². The molecule has 0 unspecified atom stereocenters. The molecule has 1 saturated heterocycles. The normalized spacial score (nSPS) is 16.0. The Morgan fingerprint density at radius 1 is 1.17 bits per heavy atom. The van der Waals surface area contributed by atoms with Crippen molar-refractivity contribution in [3.63, 3.8) is 0 Å². The van der Waals surface area contributed by atoms with E-state index in [0.717, 1.165) is 19.6 Å². The van der Waals surface area contributed by atoms with E-state index < -0.39 is 5.63 Å². The van der Waals surface area contributed by atoms with Crippen LogP contribution in [-0.2, 0) is 0 Å². The lowest BCUT2D eigenvalue weighted by Crippen LogP contribution is -2.49. The van der Waals surface area contributed by atoms with Gasteiger partial charge in [-0.25, -0.2) is 4.79 Å². The molecule has 122 valence electrons. The van der Waals surface area contributed by atoms with Crippen molar-refractivity contribution in [2.75, 3.05) is 32.7 Å². The molecule has 0 N–H and O–H groups in total. The summed E-state index contributed by atoms with van der Waals surface area (Å²) in [5.41, 5.74) is -0.418. The van der Waals surface area contributed by atoms with Crippen molar-refractivity contribution < 1.29 is 9.21 Å². The fourth-order valence-electron chi connectivity index (χ4n) is 2.74. The molecule has 1 aliphatic rings. The van der Waals surface area contributed by atoms with E-state index >= 15 is 0 Å². The van der Waals surface area contributed by atoms with Crippen molar-refractivity contribution in [1.29, 1.82) is 0 Å². The Labute approximate surface area is 143 Å². The first-order valence-electron chi connectivity index (χ1n) is 7.44. The summed E-state index contributed by atoms with van der Waals surface area (Å²) in [6.45, 7) is 5.85. The number of nitrogens with zero attached hydrogens (tertiary/aromatic N) is 2. The number of hydrogen-bond acceptors (Lipinski definition) is 4. The van der Waals surface area contributed by atoms with E-state index in [4.69, 9.17) is 27.6 Å². The lowest BCUT2D eigenvalue weighted by Gasteiger charge is -2.33. The number of likely N-dealkylation sites (N-methyl/N-ethyl adjacent to an activating group) is 1. The first-order chi connectivity index (χ1) is 11.0. The van der Waals surface area contributed by atoms with Crippen LogP contribution in [0, 0.1) is 0 Å². The molecule has 0 saturated carbocycles. The van der Waals surface area contributed by atoms with Gasteiger partial charge in [0.15, 0.2) is 5.58 Å². The molecular formula is C16H16Cl2N2O3. The second-order valence-electron chi connectivity index (χ2n) is 5.48. The summed E-state index contributed by atoms with van der Waals surface area (Å²) in [5.74, 6) is -0.312. The molecule has 0 radical (unpaired) electrons. The molecule has 0 aliphatic carbocycles. The zero-order valence-electron chi connectivity index (χ0n) is 12.6. The van der Waals surface area contributed by atoms with Crippen LogP contribution in [0.15, 0.2) is 27.4 Å². The van der Waals surface area contributed by atoms with E-state index in [1.165, 1.54) is 12.1 Å². The van der Waals surface area contributed by atoms with E-state index in [1.807, 2.05) is 0 Å². The summed E-state index contributed by atoms with van der Waals surface area (Å²) >= 11 is 12.0. The van der Waals surface area contributed by atoms with Crippen molar-refractivity contribution in [1.82, 2.24) is 9.80 Å². The zero-order chi connectivity index (χ0) is 16.6. The maximum Gasteiger partial charge on any atom is 0.349 e. The van der Waals surface area contributed by atoms with Crippen LogP contribution in [0.1, 0.15) is 17.3 Å². The predicted octanol–water partition coefficient (Wildman–Crippen LogP) is 2.88. The molecule has 1 aromatic heterocycles. The van der Waals surface area contributed by atoms with Crippen LogP contribution in [0.2, 0.25) is 10.0 Å². The largest absolute Gasteiger partial charge is 0.421 e. The van der Waals surface area contributed by atoms with Gasteiger partial charge in [-0.05, 0) is 24.7 Å². The zero-order valence-corrected chi connectivity index (χ0v) is 14.2. The number of piperazine rings is 1. The summed E-state index contributed by atoms with van der Waals surface area (Å²) in [7, 11) is 0. The van der Waals surface area contributed by atoms with Crippen molar-refractivity contribution in [2.45, 2.75) is 6.92 Å². The average molecular weight is 355 g/mol. The van der Waals surface area contributed by atoms with Crippen LogP contribution in [0.4, 0.5) is 0 Å². The molecule has 0 atom stereocenters. The van der Waals surface area contributed by atoms with Crippen molar-refractivity contribution >= 4 is 40.1 Å². The van der Waals surface area contributed by atoms with Gasteiger partial charge in [-0.1, -0.05) is 30.1 Å². The quantitative estimate of drug-likeness (QED) is 0.778. The molecular weight excluding hydrogens is 339 g/mol. The number of fused-ring (bicyclic) bond motifs is 1. The molecule has 2 aromatic rings. The molecule has 23 heavy (non-hydrogen) atoms. The third kappa shape index (κ3) is 3.22. The maximum absolute atomic E-state index is 12.6. The number of amides is 1. The number of hydrogen-bond donors (Lipinski definition) is 0. The summed E-state index contributed by atoms with van der Waals surface area (Å²) in [4.78, 5) is 28.7. The van der Waals surface area contributed by atoms with Gasteiger partial charge >= 0.3 is 5.63 Å². The third-order valence-electron chi connectivity index (χ3n) is 4.09. The molecule has 2 heterocycles. The molecule has 1 amide bonds. The second-order valence-corrected chi connectivity index (χ2v) is 6.32. The highest BCUT2D eigenvalue weighted by Crippen LogP contribution is 2.27. The molecule has 1 aliphatic heterocycles. The monoisotopic (exact) mass is 354 g/mol. The minimum Gasteiger partial charge on any atom is -0.421 e. The van der Waals surface area contributed by atoms with Gasteiger partial charge in [0.05, 0.1) is 5.02 Å². The van der Waals surface area contributed by atoms with Gasteiger partial charge < -0.3 is 14.2 Å². The van der Waals surface area contributed by atoms with Crippen LogP contribution >= 0.6 is 23.2 Å². The Morgan fingerprint density at radius 2 is 1.87 bits per heavy atom. The minimum atomic E-state index is -0.676. The third-order valence-corrected chi connectivity index (χ3v) is 4.59. The van der Waals surface area contributed by atoms with Crippen LogP contribution in [0.5, 0.6) is 0 Å². The number of rotatable bonds is 2. The average Bonchev–Trinajstić information content (AvgIpc) is 2.54. The highest BCUT2D eigenvalue weighted by atomic mass is 35.5. The van der Waals surface area contributed by atoms with Gasteiger partial charge in [0, 0.05) is 36.6 Å². The fourth-order valence-corrected chi connectivity index (χ4v) is 3.29. The summed E-state index contributed by atoms with van der Waals surface area (Å²) in [6.07, 6.45) is 0. The van der Waals surface area contributed by atoms with E-state index in [9.17, 15) is 9.59 Å². The van der Waals surface area contributed by atoms with Crippen LogP contribution in [0.3, 0.4) is 0 Å². The van der Waals surface area contributed by atoms with E-state index in [-0.39, 0.29) is 22.1 Å². The molecule has 0 spiro atoms. The van der Waals surface area contributed by atoms with Gasteiger partial charge in [0.2, 0.25) is 0 Å². The summed E-state index contributed by atoms with van der Waals surface area (Å²) in [5, 5.41) is 1.21. The number of carbonyl (C=O) groups is 1. The number of carbonyl (C=O) groups excluding carboxylic acids is 1. The highest BCUT2D eigenvalue weighted by Gasteiger charge is 2.24. The molecule has 1 fully saturated rings. The predicted molar refractivity (Wildman–Crippen MR) is 90.5 cm³/mol. The lowest BCUT2D eigenvalue weighted by atomic mass is 10.1. The van der Waals surface area contributed by atoms with Crippen molar-refractivity contribution in [2.24, 2.45) is 0 Å². The maximum atomic E-state index is 12.6. The van der Waals surface area contributed by atoms with Crippen molar-refractivity contribution in [3.8, 4) is 0 Å². The van der Waals surface area contributed by atoms with E-state index in [0.29, 0.717) is 23.5 Å². The van der Waals surface area contributed by atoms with Crippen LogP contribution < -0.4 is 5.63 Å². The highest BCUT2D eigenvalue weighted by molar-refractivity contribution is 6.38. The topological polar surface area (TPSA) is 53.8 Å². The van der Waals surface area contributed by atoms with Gasteiger partial charge in [0.1, 0.15) is 5.56 Å². The molecule has 1 aromatic carbocycles. The number of benzene rings is 1. The van der Waals surface area contributed by atoms with Gasteiger partial charge in [0.25, 0.3) is 5.91 Å². The Balaban J connectivity index is 1.95. The van der Waals surface area contributed by atoms with E-state index in [2.05, 4.69) is 11.8 Å². The van der Waals surface area contributed by atoms with E-state index in [1.54, 1.807) is 11.0 Å². The van der Waals surface area contributed by atoms with Crippen LogP contribution in [0.25, 0.3) is 11.0 Å². The fraction of sp³-hybridized carbons (Fsp3) is 0.375. The number of halogens is 2.